The largest absolute Gasteiger partial charge is 0.470 e. The number of phosphoric acid groups is 1. The Morgan fingerprint density at radius 1 is 0.887 bits per heavy atom. The highest BCUT2D eigenvalue weighted by atomic mass is 31.2. The molecule has 0 heterocycles. The molecule has 3 fully saturated rings. The first kappa shape index (κ1) is 44.6. The van der Waals surface area contributed by atoms with Gasteiger partial charge in [0.05, 0.1) is 52.9 Å². The lowest BCUT2D eigenvalue weighted by molar-refractivity contribution is -0.0581. The monoisotopic (exact) mass is 773 g/mol. The van der Waals surface area contributed by atoms with E-state index in [1.54, 1.807) is 5.57 Å². The summed E-state index contributed by atoms with van der Waals surface area (Å²) in [5.74, 6) is 4.93. The van der Waals surface area contributed by atoms with E-state index in [0.717, 1.165) is 54.8 Å². The van der Waals surface area contributed by atoms with Crippen molar-refractivity contribution < 1.29 is 52.5 Å². The summed E-state index contributed by atoms with van der Waals surface area (Å²) in [7, 11) is -4.68. The maximum Gasteiger partial charge on any atom is 0.470 e. The summed E-state index contributed by atoms with van der Waals surface area (Å²) in [6, 6.07) is 0. The van der Waals surface area contributed by atoms with Gasteiger partial charge in [-0.15, -0.1) is 0 Å². The number of carbonyl (C=O) groups excluding carboxylic acids is 1. The number of fused-ring (bicyclic) bond motifs is 5. The lowest BCUT2D eigenvalue weighted by Crippen LogP contribution is -2.51. The number of aliphatic hydroxyl groups is 1. The normalized spacial score (nSPS) is 31.0. The highest BCUT2D eigenvalue weighted by Gasteiger charge is 2.59. The zero-order valence-corrected chi connectivity index (χ0v) is 34.2. The molecule has 4 rings (SSSR count). The third-order valence-corrected chi connectivity index (χ3v) is 13.8. The average molecular weight is 774 g/mol. The Balaban J connectivity index is 1.03. The van der Waals surface area contributed by atoms with Gasteiger partial charge in [0.25, 0.3) is 0 Å². The van der Waals surface area contributed by atoms with Crippen LogP contribution >= 0.6 is 7.82 Å². The van der Waals surface area contributed by atoms with E-state index in [0.29, 0.717) is 51.4 Å². The first-order valence-electron chi connectivity index (χ1n) is 20.6. The van der Waals surface area contributed by atoms with Crippen LogP contribution in [-0.2, 0) is 32.8 Å². The van der Waals surface area contributed by atoms with Crippen LogP contribution < -0.4 is 5.32 Å². The van der Waals surface area contributed by atoms with E-state index >= 15 is 0 Å². The third-order valence-electron chi connectivity index (χ3n) is 13.2. The van der Waals surface area contributed by atoms with Crippen molar-refractivity contribution in [1.82, 2.24) is 5.32 Å². The molecule has 0 aromatic carbocycles. The number of ether oxygens (including phenoxy) is 5. The van der Waals surface area contributed by atoms with E-state index in [2.05, 4.69) is 50.5 Å². The fourth-order valence-electron chi connectivity index (χ4n) is 10.5. The number of rotatable bonds is 24. The molecule has 1 amide bonds. The molecule has 0 bridgehead atoms. The Labute approximate surface area is 319 Å². The van der Waals surface area contributed by atoms with Gasteiger partial charge in [0.1, 0.15) is 12.2 Å². The molecule has 4 aliphatic carbocycles. The van der Waals surface area contributed by atoms with Gasteiger partial charge < -0.3 is 43.9 Å². The van der Waals surface area contributed by atoms with Gasteiger partial charge in [-0.3, -0.25) is 4.52 Å². The van der Waals surface area contributed by atoms with Gasteiger partial charge in [0.15, 0.2) is 0 Å². The number of hydrogen-bond donors (Lipinski definition) is 4. The molecule has 4 N–H and O–H groups in total. The molecule has 12 nitrogen and oxygen atoms in total. The summed E-state index contributed by atoms with van der Waals surface area (Å²) in [5, 5.41) is 12.0. The Morgan fingerprint density at radius 3 is 2.23 bits per heavy atom. The topological polar surface area (TPSA) is 162 Å². The fourth-order valence-corrected chi connectivity index (χ4v) is 11.0. The van der Waals surface area contributed by atoms with Crippen LogP contribution in [0.5, 0.6) is 0 Å². The number of hydrogen-bond acceptors (Lipinski definition) is 9. The molecule has 0 spiro atoms. The van der Waals surface area contributed by atoms with Gasteiger partial charge in [0, 0.05) is 19.6 Å². The van der Waals surface area contributed by atoms with Crippen LogP contribution in [-0.4, -0.2) is 99.2 Å². The standard InChI is InChI=1S/C40H72NO11P/c1-29(2)8-6-9-30(3)35-12-13-36-34-11-10-31-26-32(14-16-39(31,4)37(34)15-17-40(35,36)5)51-38(43)41-18-7-19-47-20-21-48-22-23-49-24-25-50-28-33(27-42)52-53(44,45)46/h10,29-30,32-37,42H,6-9,11-28H2,1-5H3,(H,41,43)(H2,44,45,46)/t30-,32+,33?,34?,35?,36?,37?,39+,40-/m1/s1. The summed E-state index contributed by atoms with van der Waals surface area (Å²) < 4.78 is 42.8. The number of phosphoric ester groups is 1. The molecule has 0 radical (unpaired) electrons. The Morgan fingerprint density at radius 2 is 1.57 bits per heavy atom. The second-order valence-electron chi connectivity index (χ2n) is 17.2. The van der Waals surface area contributed by atoms with Crippen molar-refractivity contribution in [1.29, 1.82) is 0 Å². The van der Waals surface area contributed by atoms with Crippen molar-refractivity contribution in [2.45, 2.75) is 124 Å². The van der Waals surface area contributed by atoms with E-state index < -0.39 is 20.5 Å². The maximum atomic E-state index is 12.7. The summed E-state index contributed by atoms with van der Waals surface area (Å²) >= 11 is 0. The average Bonchev–Trinajstić information content (AvgIpc) is 3.46. The summed E-state index contributed by atoms with van der Waals surface area (Å²) in [4.78, 5) is 30.2. The number of allylic oxidation sites excluding steroid dienone is 1. The molecule has 9 atom stereocenters. The quantitative estimate of drug-likeness (QED) is 0.0452. The third kappa shape index (κ3) is 13.2. The molecule has 53 heavy (non-hydrogen) atoms. The SMILES string of the molecule is CC(C)CCC[C@@H](C)C1CCC2C3CC=C4C[C@@H](OC(=O)NCCCOCCOCCOCCOCC(CO)OP(=O)(O)O)CC[C@]4(C)C3CC[C@@]21C. The Hall–Kier alpha value is -1.08. The first-order chi connectivity index (χ1) is 25.3. The number of aliphatic hydroxyl groups excluding tert-OH is 1. The van der Waals surface area contributed by atoms with Crippen LogP contribution in [0.2, 0.25) is 0 Å². The Kier molecular flexibility index (Phi) is 18.1. The number of nitrogens with one attached hydrogen (secondary N) is 1. The van der Waals surface area contributed by atoms with E-state index in [-0.39, 0.29) is 37.4 Å². The maximum absolute atomic E-state index is 12.7. The lowest BCUT2D eigenvalue weighted by Gasteiger charge is -2.58. The van der Waals surface area contributed by atoms with E-state index in [4.69, 9.17) is 38.6 Å². The van der Waals surface area contributed by atoms with Crippen LogP contribution in [0.4, 0.5) is 4.79 Å². The van der Waals surface area contributed by atoms with Gasteiger partial charge >= 0.3 is 13.9 Å². The van der Waals surface area contributed by atoms with Crippen molar-refractivity contribution in [2.75, 3.05) is 66.0 Å². The van der Waals surface area contributed by atoms with Crippen molar-refractivity contribution in [3.63, 3.8) is 0 Å². The van der Waals surface area contributed by atoms with Crippen molar-refractivity contribution in [3.05, 3.63) is 11.6 Å². The van der Waals surface area contributed by atoms with Crippen LogP contribution in [0.3, 0.4) is 0 Å². The highest BCUT2D eigenvalue weighted by molar-refractivity contribution is 7.46. The molecule has 3 saturated carbocycles. The zero-order chi connectivity index (χ0) is 38.5. The van der Waals surface area contributed by atoms with Gasteiger partial charge in [-0.1, -0.05) is 65.5 Å². The first-order valence-corrected chi connectivity index (χ1v) is 22.1. The van der Waals surface area contributed by atoms with E-state index in [9.17, 15) is 9.36 Å². The molecule has 0 aromatic rings. The van der Waals surface area contributed by atoms with Gasteiger partial charge in [0.2, 0.25) is 0 Å². The summed E-state index contributed by atoms with van der Waals surface area (Å²) in [6.45, 7) is 14.8. The second-order valence-corrected chi connectivity index (χ2v) is 18.3. The van der Waals surface area contributed by atoms with E-state index in [1.807, 2.05) is 0 Å². The number of amides is 1. The summed E-state index contributed by atoms with van der Waals surface area (Å²) in [6.07, 6.45) is 15.6. The number of alkyl carbamates (subject to hydrolysis) is 1. The predicted octanol–water partition coefficient (Wildman–Crippen LogP) is 7.05. The molecule has 4 aliphatic rings. The molecular weight excluding hydrogens is 701 g/mol. The summed E-state index contributed by atoms with van der Waals surface area (Å²) in [5.41, 5.74) is 2.28. The molecule has 0 saturated heterocycles. The molecule has 0 aromatic heterocycles. The van der Waals surface area contributed by atoms with Gasteiger partial charge in [-0.2, -0.15) is 0 Å². The van der Waals surface area contributed by atoms with Gasteiger partial charge in [-0.25, -0.2) is 9.36 Å². The molecule has 0 aliphatic heterocycles. The van der Waals surface area contributed by atoms with Crippen LogP contribution in [0.1, 0.15) is 112 Å². The van der Waals surface area contributed by atoms with Gasteiger partial charge in [-0.05, 0) is 97.7 Å². The molecule has 308 valence electrons. The minimum atomic E-state index is -4.68. The molecule has 5 unspecified atom stereocenters. The number of carbonyl (C=O) groups is 1. The van der Waals surface area contributed by atoms with Crippen molar-refractivity contribution in [3.8, 4) is 0 Å². The van der Waals surface area contributed by atoms with Crippen molar-refractivity contribution >= 4 is 13.9 Å². The predicted molar refractivity (Wildman–Crippen MR) is 203 cm³/mol. The second kappa shape index (κ2) is 21.4. The Bertz CT molecular complexity index is 1180. The molecular formula is C40H72NO11P. The van der Waals surface area contributed by atoms with Crippen LogP contribution in [0.25, 0.3) is 0 Å². The zero-order valence-electron chi connectivity index (χ0n) is 33.3. The highest BCUT2D eigenvalue weighted by Crippen LogP contribution is 2.67. The minimum Gasteiger partial charge on any atom is -0.446 e. The van der Waals surface area contributed by atoms with Crippen molar-refractivity contribution in [2.24, 2.45) is 46.3 Å². The minimum absolute atomic E-state index is 0.0547. The van der Waals surface area contributed by atoms with Crippen LogP contribution in [0.15, 0.2) is 11.6 Å². The molecule has 13 heteroatoms. The van der Waals surface area contributed by atoms with E-state index in [1.165, 1.54) is 51.4 Å². The fraction of sp³-hybridized carbons (Fsp3) is 0.925. The smallest absolute Gasteiger partial charge is 0.446 e. The lowest BCUT2D eigenvalue weighted by atomic mass is 9.47. The van der Waals surface area contributed by atoms with Crippen LogP contribution in [0, 0.1) is 46.3 Å².